The molecule has 4 nitrogen and oxygen atoms in total. The van der Waals surface area contributed by atoms with Crippen LogP contribution in [0.25, 0.3) is 0 Å². The Bertz CT molecular complexity index is 167. The third-order valence-corrected chi connectivity index (χ3v) is 2.76. The van der Waals surface area contributed by atoms with Crippen LogP contribution in [0.1, 0.15) is 13.8 Å². The van der Waals surface area contributed by atoms with E-state index in [2.05, 4.69) is 4.74 Å². The summed E-state index contributed by atoms with van der Waals surface area (Å²) in [5, 5.41) is 9.35. The summed E-state index contributed by atoms with van der Waals surface area (Å²) >= 11 is 1.44. The molecule has 0 amide bonds. The molecule has 0 aliphatic carbocycles. The van der Waals surface area contributed by atoms with E-state index in [1.165, 1.54) is 18.9 Å². The van der Waals surface area contributed by atoms with Crippen LogP contribution in [0.2, 0.25) is 0 Å². The molecule has 0 radical (unpaired) electrons. The summed E-state index contributed by atoms with van der Waals surface area (Å²) in [6.45, 7) is 3.42. The molecule has 1 atom stereocenters. The number of hydrogen-bond donors (Lipinski definition) is 2. The number of carbonyl (C=O) groups excluding carboxylic acids is 1. The third-order valence-electron chi connectivity index (χ3n) is 1.26. The Morgan fingerprint density at radius 1 is 1.69 bits per heavy atom. The number of methoxy groups -OCH3 is 1. The summed E-state index contributed by atoms with van der Waals surface area (Å²) < 4.78 is 4.45. The van der Waals surface area contributed by atoms with Gasteiger partial charge in [-0.15, -0.1) is 0 Å². The highest BCUT2D eigenvalue weighted by Crippen LogP contribution is 2.12. The molecular formula is C8H17NO3S. The van der Waals surface area contributed by atoms with E-state index >= 15 is 0 Å². The van der Waals surface area contributed by atoms with Crippen LogP contribution in [-0.4, -0.2) is 41.3 Å². The van der Waals surface area contributed by atoms with Gasteiger partial charge in [0.25, 0.3) is 0 Å². The van der Waals surface area contributed by atoms with Crippen molar-refractivity contribution >= 4 is 17.7 Å². The van der Waals surface area contributed by atoms with Gasteiger partial charge in [-0.1, -0.05) is 0 Å². The lowest BCUT2D eigenvalue weighted by molar-refractivity contribution is -0.141. The highest BCUT2D eigenvalue weighted by molar-refractivity contribution is 7.99. The maximum absolute atomic E-state index is 10.8. The van der Waals surface area contributed by atoms with Gasteiger partial charge in [0.1, 0.15) is 6.04 Å². The summed E-state index contributed by atoms with van der Waals surface area (Å²) in [6, 6.07) is -0.600. The number of esters is 1. The van der Waals surface area contributed by atoms with Gasteiger partial charge in [-0.2, -0.15) is 11.8 Å². The zero-order valence-electron chi connectivity index (χ0n) is 8.24. The second-order valence-corrected chi connectivity index (χ2v) is 4.49. The van der Waals surface area contributed by atoms with E-state index in [1.54, 1.807) is 13.8 Å². The Kier molecular flexibility index (Phi) is 5.36. The predicted molar refractivity (Wildman–Crippen MR) is 53.6 cm³/mol. The number of ether oxygens (including phenoxy) is 1. The van der Waals surface area contributed by atoms with Crippen molar-refractivity contribution in [1.82, 2.24) is 0 Å². The summed E-state index contributed by atoms with van der Waals surface area (Å²) in [5.41, 5.74) is 4.76. The van der Waals surface area contributed by atoms with E-state index in [-0.39, 0.29) is 0 Å². The Labute approximate surface area is 82.8 Å². The van der Waals surface area contributed by atoms with Crippen LogP contribution < -0.4 is 5.73 Å². The van der Waals surface area contributed by atoms with Crippen LogP contribution in [0.4, 0.5) is 0 Å². The van der Waals surface area contributed by atoms with E-state index in [1.807, 2.05) is 0 Å². The van der Waals surface area contributed by atoms with E-state index in [0.29, 0.717) is 11.5 Å². The first-order chi connectivity index (χ1) is 5.87. The topological polar surface area (TPSA) is 72.5 Å². The minimum atomic E-state index is -0.722. The normalized spacial score (nSPS) is 13.9. The van der Waals surface area contributed by atoms with E-state index in [9.17, 15) is 9.90 Å². The zero-order valence-corrected chi connectivity index (χ0v) is 9.06. The zero-order chi connectivity index (χ0) is 10.5. The fourth-order valence-corrected chi connectivity index (χ4v) is 1.66. The van der Waals surface area contributed by atoms with Gasteiger partial charge in [0.15, 0.2) is 0 Å². The van der Waals surface area contributed by atoms with Gasteiger partial charge in [-0.3, -0.25) is 4.79 Å². The quantitative estimate of drug-likeness (QED) is 0.620. The monoisotopic (exact) mass is 207 g/mol. The number of rotatable bonds is 5. The van der Waals surface area contributed by atoms with E-state index in [4.69, 9.17) is 5.73 Å². The smallest absolute Gasteiger partial charge is 0.323 e. The van der Waals surface area contributed by atoms with Gasteiger partial charge < -0.3 is 15.6 Å². The van der Waals surface area contributed by atoms with Crippen molar-refractivity contribution in [3.05, 3.63) is 0 Å². The lowest BCUT2D eigenvalue weighted by Crippen LogP contribution is -2.35. The average Bonchev–Trinajstić information content (AvgIpc) is 2.00. The largest absolute Gasteiger partial charge is 0.468 e. The van der Waals surface area contributed by atoms with E-state index in [0.717, 1.165) is 0 Å². The van der Waals surface area contributed by atoms with Crippen LogP contribution in [0, 0.1) is 0 Å². The first kappa shape index (κ1) is 12.7. The molecule has 5 heteroatoms. The summed E-state index contributed by atoms with van der Waals surface area (Å²) in [7, 11) is 1.31. The highest BCUT2D eigenvalue weighted by atomic mass is 32.2. The Morgan fingerprint density at radius 3 is 2.62 bits per heavy atom. The highest BCUT2D eigenvalue weighted by Gasteiger charge is 2.17. The standard InChI is InChI=1S/C8H17NO3S/c1-8(2,11)5-13-4-6(9)7(10)12-3/h6,11H,4-5,9H2,1-3H3. The first-order valence-corrected chi connectivity index (χ1v) is 5.16. The average molecular weight is 207 g/mol. The van der Waals surface area contributed by atoms with Gasteiger partial charge in [0.05, 0.1) is 12.7 Å². The number of thioether (sulfide) groups is 1. The fourth-order valence-electron chi connectivity index (χ4n) is 0.655. The van der Waals surface area contributed by atoms with Crippen molar-refractivity contribution in [2.45, 2.75) is 25.5 Å². The van der Waals surface area contributed by atoms with Crippen LogP contribution >= 0.6 is 11.8 Å². The molecule has 0 aromatic heterocycles. The van der Waals surface area contributed by atoms with Crippen molar-refractivity contribution < 1.29 is 14.6 Å². The second-order valence-electron chi connectivity index (χ2n) is 3.46. The number of aliphatic hydroxyl groups is 1. The molecule has 0 aliphatic heterocycles. The lowest BCUT2D eigenvalue weighted by Gasteiger charge is -2.17. The van der Waals surface area contributed by atoms with Gasteiger partial charge in [0.2, 0.25) is 0 Å². The van der Waals surface area contributed by atoms with Crippen molar-refractivity contribution in [1.29, 1.82) is 0 Å². The van der Waals surface area contributed by atoms with Crippen LogP contribution in [0.15, 0.2) is 0 Å². The molecule has 0 aromatic carbocycles. The molecule has 0 spiro atoms. The maximum Gasteiger partial charge on any atom is 0.323 e. The molecule has 0 aromatic rings. The van der Waals surface area contributed by atoms with Crippen molar-refractivity contribution in [3.63, 3.8) is 0 Å². The maximum atomic E-state index is 10.8. The predicted octanol–water partition coefficient (Wildman–Crippen LogP) is -0.00920. The molecule has 0 bridgehead atoms. The van der Waals surface area contributed by atoms with E-state index < -0.39 is 17.6 Å². The number of hydrogen-bond acceptors (Lipinski definition) is 5. The number of carbonyl (C=O) groups is 1. The van der Waals surface area contributed by atoms with Crippen LogP contribution in [0.3, 0.4) is 0 Å². The molecule has 0 heterocycles. The molecule has 0 saturated heterocycles. The molecule has 0 rings (SSSR count). The second kappa shape index (κ2) is 5.47. The fraction of sp³-hybridized carbons (Fsp3) is 0.875. The van der Waals surface area contributed by atoms with Gasteiger partial charge in [-0.05, 0) is 13.8 Å². The lowest BCUT2D eigenvalue weighted by atomic mass is 10.2. The van der Waals surface area contributed by atoms with Gasteiger partial charge in [-0.25, -0.2) is 0 Å². The molecule has 78 valence electrons. The minimum absolute atomic E-state index is 0.414. The third kappa shape index (κ3) is 6.86. The van der Waals surface area contributed by atoms with Crippen molar-refractivity contribution in [2.24, 2.45) is 5.73 Å². The molecule has 0 aliphatic rings. The Morgan fingerprint density at radius 2 is 2.23 bits per heavy atom. The van der Waals surface area contributed by atoms with Crippen molar-refractivity contribution in [3.8, 4) is 0 Å². The summed E-state index contributed by atoms with van der Waals surface area (Å²) in [4.78, 5) is 10.8. The van der Waals surface area contributed by atoms with Crippen LogP contribution in [-0.2, 0) is 9.53 Å². The molecule has 1 unspecified atom stereocenters. The summed E-state index contributed by atoms with van der Waals surface area (Å²) in [5.74, 6) is 0.609. The minimum Gasteiger partial charge on any atom is -0.468 e. The first-order valence-electron chi connectivity index (χ1n) is 4.00. The molecule has 3 N–H and O–H groups in total. The Balaban J connectivity index is 3.59. The molecular weight excluding hydrogens is 190 g/mol. The molecule has 0 saturated carbocycles. The van der Waals surface area contributed by atoms with Gasteiger partial charge in [0, 0.05) is 11.5 Å². The van der Waals surface area contributed by atoms with Crippen molar-refractivity contribution in [2.75, 3.05) is 18.6 Å². The summed E-state index contributed by atoms with van der Waals surface area (Å²) in [6.07, 6.45) is 0. The van der Waals surface area contributed by atoms with Gasteiger partial charge >= 0.3 is 5.97 Å². The SMILES string of the molecule is COC(=O)C(N)CSCC(C)(C)O. The molecule has 0 fully saturated rings. The van der Waals surface area contributed by atoms with Crippen LogP contribution in [0.5, 0.6) is 0 Å². The number of nitrogens with two attached hydrogens (primary N) is 1. The Hall–Kier alpha value is -0.260. The molecule has 13 heavy (non-hydrogen) atoms.